The molecule has 3 aliphatic heterocycles. The predicted octanol–water partition coefficient (Wildman–Crippen LogP) is 5.93. The fourth-order valence-electron chi connectivity index (χ4n) is 8.13. The minimum absolute atomic E-state index is 0.0127. The molecule has 2 bridgehead atoms. The predicted molar refractivity (Wildman–Crippen MR) is 159 cm³/mol. The molecule has 0 radical (unpaired) electrons. The number of aromatic nitrogens is 2. The molecular weight excluding hydrogens is 537 g/mol. The first kappa shape index (κ1) is 28.8. The first-order valence-corrected chi connectivity index (χ1v) is 16.8. The third-order valence-corrected chi connectivity index (χ3v) is 11.2. The topological polar surface area (TPSA) is 70.5 Å². The van der Waals surface area contributed by atoms with Gasteiger partial charge in [-0.05, 0) is 64.0 Å². The molecule has 0 unspecified atom stereocenters. The molecule has 6 rings (SSSR count). The summed E-state index contributed by atoms with van der Waals surface area (Å²) in [4.78, 5) is 36.3. The average molecular weight is 584 g/mol. The summed E-state index contributed by atoms with van der Waals surface area (Å²) in [7, 11) is 0. The van der Waals surface area contributed by atoms with E-state index in [4.69, 9.17) is 4.98 Å². The number of piperidine rings is 1. The molecule has 2 saturated heterocycles. The van der Waals surface area contributed by atoms with Crippen molar-refractivity contribution in [2.45, 2.75) is 122 Å². The Morgan fingerprint density at radius 2 is 1.80 bits per heavy atom. The van der Waals surface area contributed by atoms with Crippen LogP contribution in [0.1, 0.15) is 112 Å². The molecule has 3 fully saturated rings. The van der Waals surface area contributed by atoms with E-state index in [1.165, 1.54) is 42.4 Å². The Balaban J connectivity index is 1.11. The zero-order chi connectivity index (χ0) is 28.7. The fraction of sp³-hybridized carbons (Fsp3) is 0.719. The second-order valence-corrected chi connectivity index (χ2v) is 14.2. The molecule has 224 valence electrons. The quantitative estimate of drug-likeness (QED) is 0.418. The lowest BCUT2D eigenvalue weighted by atomic mass is 9.88. The molecule has 9 heteroatoms. The van der Waals surface area contributed by atoms with Crippen molar-refractivity contribution in [3.05, 3.63) is 39.4 Å². The van der Waals surface area contributed by atoms with Crippen LogP contribution in [0.15, 0.2) is 12.1 Å². The Bertz CT molecular complexity index is 1240. The molecule has 4 aliphatic rings. The van der Waals surface area contributed by atoms with E-state index in [2.05, 4.69) is 21.7 Å². The zero-order valence-corrected chi connectivity index (χ0v) is 25.7. The van der Waals surface area contributed by atoms with Gasteiger partial charge in [0.1, 0.15) is 5.82 Å². The smallest absolute Gasteiger partial charge is 0.225 e. The summed E-state index contributed by atoms with van der Waals surface area (Å²) in [5.74, 6) is 1.56. The van der Waals surface area contributed by atoms with E-state index in [-0.39, 0.29) is 34.8 Å². The van der Waals surface area contributed by atoms with Crippen LogP contribution in [0.4, 0.5) is 4.39 Å². The average Bonchev–Trinajstić information content (AvgIpc) is 3.61. The number of thiophene rings is 1. The van der Waals surface area contributed by atoms with Crippen molar-refractivity contribution in [3.8, 4) is 0 Å². The van der Waals surface area contributed by atoms with Gasteiger partial charge < -0.3 is 14.8 Å². The van der Waals surface area contributed by atoms with Crippen LogP contribution in [0.25, 0.3) is 0 Å². The van der Waals surface area contributed by atoms with Crippen LogP contribution in [0, 0.1) is 23.9 Å². The molecule has 4 atom stereocenters. The van der Waals surface area contributed by atoms with Gasteiger partial charge in [-0.15, -0.1) is 11.3 Å². The minimum Gasteiger partial charge on any atom is -0.348 e. The molecule has 2 aromatic rings. The maximum atomic E-state index is 14.0. The van der Waals surface area contributed by atoms with Crippen LogP contribution in [-0.4, -0.2) is 56.3 Å². The van der Waals surface area contributed by atoms with Gasteiger partial charge >= 0.3 is 0 Å². The number of hydrogen-bond acceptors (Lipinski definition) is 5. The van der Waals surface area contributed by atoms with Crippen LogP contribution in [-0.2, 0) is 22.6 Å². The molecule has 0 spiro atoms. The maximum absolute atomic E-state index is 14.0. The van der Waals surface area contributed by atoms with E-state index in [1.807, 2.05) is 24.8 Å². The number of carbonyl (C=O) groups excluding carboxylic acids is 2. The van der Waals surface area contributed by atoms with E-state index in [1.54, 1.807) is 0 Å². The second kappa shape index (κ2) is 12.2. The maximum Gasteiger partial charge on any atom is 0.225 e. The number of aryl methyl sites for hydroxylation is 1. The highest BCUT2D eigenvalue weighted by atomic mass is 32.1. The summed E-state index contributed by atoms with van der Waals surface area (Å²) in [5.41, 5.74) is 2.41. The third kappa shape index (κ3) is 5.99. The highest BCUT2D eigenvalue weighted by molar-refractivity contribution is 7.10. The molecule has 1 aliphatic carbocycles. The number of rotatable bonds is 8. The number of imidazole rings is 1. The molecule has 2 amide bonds. The van der Waals surface area contributed by atoms with E-state index in [0.717, 1.165) is 80.9 Å². The van der Waals surface area contributed by atoms with E-state index in [0.29, 0.717) is 24.7 Å². The van der Waals surface area contributed by atoms with Crippen molar-refractivity contribution in [3.63, 3.8) is 0 Å². The van der Waals surface area contributed by atoms with E-state index >= 15 is 0 Å². The summed E-state index contributed by atoms with van der Waals surface area (Å²) >= 11 is 1.17. The molecule has 5 heterocycles. The van der Waals surface area contributed by atoms with Gasteiger partial charge in [-0.25, -0.2) is 4.98 Å². The molecule has 7 nitrogen and oxygen atoms in total. The van der Waals surface area contributed by atoms with Crippen LogP contribution in [0.5, 0.6) is 0 Å². The van der Waals surface area contributed by atoms with Crippen LogP contribution in [0.2, 0.25) is 0 Å². The number of fused-ring (bicyclic) bond motifs is 3. The number of halogens is 1. The summed E-state index contributed by atoms with van der Waals surface area (Å²) in [6, 6.07) is 4.74. The summed E-state index contributed by atoms with van der Waals surface area (Å²) in [6.07, 6.45) is 11.8. The molecule has 1 N–H and O–H groups in total. The fourth-order valence-corrected chi connectivity index (χ4v) is 8.95. The van der Waals surface area contributed by atoms with Crippen LogP contribution < -0.4 is 5.32 Å². The number of nitrogens with zero attached hydrogens (tertiary/aromatic N) is 4. The first-order valence-electron chi connectivity index (χ1n) is 15.9. The van der Waals surface area contributed by atoms with Crippen molar-refractivity contribution in [2.24, 2.45) is 11.8 Å². The lowest BCUT2D eigenvalue weighted by Crippen LogP contribution is -2.45. The first-order chi connectivity index (χ1) is 19.8. The van der Waals surface area contributed by atoms with Gasteiger partial charge in [-0.1, -0.05) is 33.1 Å². The van der Waals surface area contributed by atoms with E-state index < -0.39 is 0 Å². The van der Waals surface area contributed by atoms with Crippen LogP contribution >= 0.6 is 11.3 Å². The second-order valence-electron chi connectivity index (χ2n) is 13.2. The van der Waals surface area contributed by atoms with Gasteiger partial charge in [0.05, 0.1) is 18.3 Å². The van der Waals surface area contributed by atoms with Crippen molar-refractivity contribution in [1.29, 1.82) is 0 Å². The Labute approximate surface area is 247 Å². The lowest BCUT2D eigenvalue weighted by Gasteiger charge is -2.41. The largest absolute Gasteiger partial charge is 0.348 e. The Morgan fingerprint density at radius 3 is 2.46 bits per heavy atom. The summed E-state index contributed by atoms with van der Waals surface area (Å²) in [5, 5.41) is 3.15. The number of carbonyl (C=O) groups is 2. The Kier molecular flexibility index (Phi) is 8.55. The molecule has 2 aromatic heterocycles. The standard InChI is InChI=1S/C32H46FN5O2S/c1-20(2)32(40)36-15-14-28-27(19-36)34-21(3)38(28)25-17-23-9-10-24(18-25)37(23)16-13-26(29-11-12-30(33)41-29)35-31(39)22-7-5-4-6-8-22/h11-12,20,22-26H,4-10,13-19H2,1-3H3,(H,35,39)/t23-,24+,25+,26-/m0/s1. The van der Waals surface area contributed by atoms with Crippen molar-refractivity contribution < 1.29 is 14.0 Å². The lowest BCUT2D eigenvalue weighted by molar-refractivity contribution is -0.135. The van der Waals surface area contributed by atoms with Crippen LogP contribution in [0.3, 0.4) is 0 Å². The van der Waals surface area contributed by atoms with Crippen molar-refractivity contribution in [2.75, 3.05) is 13.1 Å². The van der Waals surface area contributed by atoms with Gasteiger partial charge in [0.2, 0.25) is 11.8 Å². The van der Waals surface area contributed by atoms with Crippen molar-refractivity contribution >= 4 is 23.2 Å². The Morgan fingerprint density at radius 1 is 1.07 bits per heavy atom. The molecular formula is C32H46FN5O2S. The molecule has 1 saturated carbocycles. The highest BCUT2D eigenvalue weighted by Gasteiger charge is 2.43. The van der Waals surface area contributed by atoms with E-state index in [9.17, 15) is 14.0 Å². The Hall–Kier alpha value is -2.26. The summed E-state index contributed by atoms with van der Waals surface area (Å²) < 4.78 is 16.5. The van der Waals surface area contributed by atoms with Crippen molar-refractivity contribution in [1.82, 2.24) is 24.7 Å². The highest BCUT2D eigenvalue weighted by Crippen LogP contribution is 2.43. The minimum atomic E-state index is -0.187. The third-order valence-electron chi connectivity index (χ3n) is 10.2. The SMILES string of the molecule is Cc1nc2c(n1[C@H]1C[C@H]3CC[C@@H](C1)N3CC[C@H](NC(=O)C1CCCCC1)c1ccc(F)s1)CCN(C(=O)C(C)C)C2. The summed E-state index contributed by atoms with van der Waals surface area (Å²) in [6.45, 7) is 8.39. The van der Waals surface area contributed by atoms with Gasteiger partial charge in [0, 0.05) is 60.0 Å². The monoisotopic (exact) mass is 583 g/mol. The number of amides is 2. The van der Waals surface area contributed by atoms with Gasteiger partial charge in [-0.3, -0.25) is 14.5 Å². The van der Waals surface area contributed by atoms with Gasteiger partial charge in [0.25, 0.3) is 0 Å². The number of hydrogen-bond donors (Lipinski definition) is 1. The zero-order valence-electron chi connectivity index (χ0n) is 24.9. The normalized spacial score (nSPS) is 25.9. The molecule has 41 heavy (non-hydrogen) atoms. The van der Waals surface area contributed by atoms with Gasteiger partial charge in [-0.2, -0.15) is 4.39 Å². The molecule has 0 aromatic carbocycles. The number of nitrogens with one attached hydrogen (secondary N) is 1. The van der Waals surface area contributed by atoms with Gasteiger partial charge in [0.15, 0.2) is 5.13 Å².